The van der Waals surface area contributed by atoms with Gasteiger partial charge in [0.15, 0.2) is 0 Å². The second-order valence-corrected chi connectivity index (χ2v) is 6.17. The maximum atomic E-state index is 5.69. The number of benzene rings is 1. The van der Waals surface area contributed by atoms with Gasteiger partial charge in [0.2, 0.25) is 0 Å². The van der Waals surface area contributed by atoms with Crippen LogP contribution in [0.15, 0.2) is 24.3 Å². The van der Waals surface area contributed by atoms with Crippen LogP contribution < -0.4 is 5.73 Å². The average molecular weight is 235 g/mol. The highest BCUT2D eigenvalue weighted by molar-refractivity contribution is 7.99. The topological polar surface area (TPSA) is 26.0 Å². The van der Waals surface area contributed by atoms with Crippen molar-refractivity contribution in [1.29, 1.82) is 0 Å². The summed E-state index contributed by atoms with van der Waals surface area (Å²) in [6.45, 7) is 2.30. The standard InChI is InChI=1S/C14H21NS/c1-11(13-6-8-14(15)9-7-13)16-10-12-4-2-3-5-12/h6-9,11-12H,2-5,10,15H2,1H3. The molecule has 0 aromatic heterocycles. The molecule has 1 fully saturated rings. The van der Waals surface area contributed by atoms with E-state index in [1.807, 2.05) is 12.1 Å². The lowest BCUT2D eigenvalue weighted by molar-refractivity contribution is 0.622. The van der Waals surface area contributed by atoms with Gasteiger partial charge in [-0.2, -0.15) is 11.8 Å². The molecule has 1 unspecified atom stereocenters. The van der Waals surface area contributed by atoms with Crippen molar-refractivity contribution in [2.24, 2.45) is 5.92 Å². The minimum atomic E-state index is 0.598. The van der Waals surface area contributed by atoms with E-state index in [0.29, 0.717) is 5.25 Å². The van der Waals surface area contributed by atoms with Gasteiger partial charge < -0.3 is 5.73 Å². The SMILES string of the molecule is CC(SCC1CCCC1)c1ccc(N)cc1. The Labute approximate surface area is 103 Å². The molecule has 2 heteroatoms. The Morgan fingerprint density at radius 2 is 1.88 bits per heavy atom. The molecule has 2 rings (SSSR count). The molecule has 0 amide bonds. The number of nitrogen functional groups attached to an aromatic ring is 1. The highest BCUT2D eigenvalue weighted by Crippen LogP contribution is 2.34. The van der Waals surface area contributed by atoms with Gasteiger partial charge >= 0.3 is 0 Å². The number of hydrogen-bond acceptors (Lipinski definition) is 2. The van der Waals surface area contributed by atoms with Crippen LogP contribution in [0.25, 0.3) is 0 Å². The van der Waals surface area contributed by atoms with Crippen molar-refractivity contribution >= 4 is 17.4 Å². The first kappa shape index (κ1) is 11.8. The van der Waals surface area contributed by atoms with Gasteiger partial charge in [-0.3, -0.25) is 0 Å². The summed E-state index contributed by atoms with van der Waals surface area (Å²) in [7, 11) is 0. The summed E-state index contributed by atoms with van der Waals surface area (Å²) in [6, 6.07) is 8.31. The van der Waals surface area contributed by atoms with Crippen molar-refractivity contribution in [3.05, 3.63) is 29.8 Å². The van der Waals surface area contributed by atoms with Crippen LogP contribution in [0.4, 0.5) is 5.69 Å². The molecule has 0 radical (unpaired) electrons. The smallest absolute Gasteiger partial charge is 0.0314 e. The van der Waals surface area contributed by atoms with Gasteiger partial charge in [-0.25, -0.2) is 0 Å². The van der Waals surface area contributed by atoms with Gasteiger partial charge in [0.05, 0.1) is 0 Å². The molecule has 0 bridgehead atoms. The number of anilines is 1. The maximum absolute atomic E-state index is 5.69. The first-order valence-electron chi connectivity index (χ1n) is 6.23. The van der Waals surface area contributed by atoms with E-state index >= 15 is 0 Å². The monoisotopic (exact) mass is 235 g/mol. The molecule has 1 nitrogen and oxygen atoms in total. The van der Waals surface area contributed by atoms with Crippen LogP contribution >= 0.6 is 11.8 Å². The molecule has 0 aliphatic heterocycles. The molecule has 0 spiro atoms. The van der Waals surface area contributed by atoms with Crippen LogP contribution in [-0.4, -0.2) is 5.75 Å². The zero-order valence-corrected chi connectivity index (χ0v) is 10.8. The lowest BCUT2D eigenvalue weighted by Gasteiger charge is -2.15. The molecule has 2 N–H and O–H groups in total. The highest BCUT2D eigenvalue weighted by atomic mass is 32.2. The molecular formula is C14H21NS. The molecule has 88 valence electrons. The predicted octanol–water partition coefficient (Wildman–Crippen LogP) is 4.25. The molecule has 0 saturated heterocycles. The predicted molar refractivity (Wildman–Crippen MR) is 73.7 cm³/mol. The van der Waals surface area contributed by atoms with E-state index in [4.69, 9.17) is 5.73 Å². The summed E-state index contributed by atoms with van der Waals surface area (Å²) >= 11 is 2.09. The molecule has 16 heavy (non-hydrogen) atoms. The van der Waals surface area contributed by atoms with Gasteiger partial charge in [0.1, 0.15) is 0 Å². The Balaban J connectivity index is 1.82. The third-order valence-electron chi connectivity index (χ3n) is 3.46. The zero-order chi connectivity index (χ0) is 11.4. The van der Waals surface area contributed by atoms with Crippen LogP contribution in [0.5, 0.6) is 0 Å². The lowest BCUT2D eigenvalue weighted by Crippen LogP contribution is -1.99. The van der Waals surface area contributed by atoms with E-state index in [-0.39, 0.29) is 0 Å². The van der Waals surface area contributed by atoms with E-state index in [9.17, 15) is 0 Å². The minimum Gasteiger partial charge on any atom is -0.399 e. The molecular weight excluding hydrogens is 214 g/mol. The second kappa shape index (κ2) is 5.62. The van der Waals surface area contributed by atoms with Crippen LogP contribution in [0, 0.1) is 5.92 Å². The summed E-state index contributed by atoms with van der Waals surface area (Å²) in [5.41, 5.74) is 7.95. The Kier molecular flexibility index (Phi) is 4.16. The fraction of sp³-hybridized carbons (Fsp3) is 0.571. The Bertz CT molecular complexity index is 314. The number of nitrogens with two attached hydrogens (primary N) is 1. The average Bonchev–Trinajstić information content (AvgIpc) is 2.80. The van der Waals surface area contributed by atoms with Gasteiger partial charge in [-0.1, -0.05) is 25.0 Å². The molecule has 1 aliphatic carbocycles. The largest absolute Gasteiger partial charge is 0.399 e. The van der Waals surface area contributed by atoms with Crippen molar-refractivity contribution in [1.82, 2.24) is 0 Å². The third kappa shape index (κ3) is 3.18. The summed E-state index contributed by atoms with van der Waals surface area (Å²) in [4.78, 5) is 0. The van der Waals surface area contributed by atoms with Gasteiger partial charge in [-0.15, -0.1) is 0 Å². The number of rotatable bonds is 4. The summed E-state index contributed by atoms with van der Waals surface area (Å²) < 4.78 is 0. The highest BCUT2D eigenvalue weighted by Gasteiger charge is 2.16. The van der Waals surface area contributed by atoms with Gasteiger partial charge in [-0.05, 0) is 49.1 Å². The summed E-state index contributed by atoms with van der Waals surface area (Å²) in [6.07, 6.45) is 5.78. The molecule has 1 atom stereocenters. The van der Waals surface area contributed by atoms with Crippen molar-refractivity contribution in [2.75, 3.05) is 11.5 Å². The van der Waals surface area contributed by atoms with Crippen LogP contribution in [0.2, 0.25) is 0 Å². The van der Waals surface area contributed by atoms with E-state index < -0.39 is 0 Å². The first-order chi connectivity index (χ1) is 7.75. The van der Waals surface area contributed by atoms with Crippen molar-refractivity contribution in [3.63, 3.8) is 0 Å². The zero-order valence-electron chi connectivity index (χ0n) is 9.99. The van der Waals surface area contributed by atoms with Crippen LogP contribution in [-0.2, 0) is 0 Å². The molecule has 1 aromatic rings. The molecule has 1 aliphatic rings. The van der Waals surface area contributed by atoms with Crippen molar-refractivity contribution in [2.45, 2.75) is 37.9 Å². The first-order valence-corrected chi connectivity index (χ1v) is 7.27. The molecule has 1 saturated carbocycles. The summed E-state index contributed by atoms with van der Waals surface area (Å²) in [5, 5.41) is 0.598. The maximum Gasteiger partial charge on any atom is 0.0314 e. The van der Waals surface area contributed by atoms with Crippen LogP contribution in [0.1, 0.15) is 43.4 Å². The third-order valence-corrected chi connectivity index (χ3v) is 4.90. The molecule has 0 heterocycles. The van der Waals surface area contributed by atoms with E-state index in [0.717, 1.165) is 11.6 Å². The molecule has 1 aromatic carbocycles. The quantitative estimate of drug-likeness (QED) is 0.789. The second-order valence-electron chi connectivity index (χ2n) is 4.79. The van der Waals surface area contributed by atoms with Crippen molar-refractivity contribution < 1.29 is 0 Å². The fourth-order valence-electron chi connectivity index (χ4n) is 2.32. The Morgan fingerprint density at radius 3 is 2.50 bits per heavy atom. The van der Waals surface area contributed by atoms with E-state index in [1.54, 1.807) is 0 Å². The van der Waals surface area contributed by atoms with Gasteiger partial charge in [0, 0.05) is 10.9 Å². The van der Waals surface area contributed by atoms with E-state index in [1.165, 1.54) is 37.0 Å². The Hall–Kier alpha value is -0.630. The van der Waals surface area contributed by atoms with Gasteiger partial charge in [0.25, 0.3) is 0 Å². The number of thioether (sulfide) groups is 1. The summed E-state index contributed by atoms with van der Waals surface area (Å²) in [5.74, 6) is 2.30. The number of hydrogen-bond donors (Lipinski definition) is 1. The minimum absolute atomic E-state index is 0.598. The fourth-order valence-corrected chi connectivity index (χ4v) is 3.56. The van der Waals surface area contributed by atoms with Crippen LogP contribution in [0.3, 0.4) is 0 Å². The Morgan fingerprint density at radius 1 is 1.25 bits per heavy atom. The normalized spacial score (nSPS) is 18.8. The van der Waals surface area contributed by atoms with Crippen molar-refractivity contribution in [3.8, 4) is 0 Å². The lowest BCUT2D eigenvalue weighted by atomic mass is 10.1. The van der Waals surface area contributed by atoms with E-state index in [2.05, 4.69) is 30.8 Å².